The van der Waals surface area contributed by atoms with Crippen LogP contribution in [0.15, 0.2) is 0 Å². The van der Waals surface area contributed by atoms with Crippen LogP contribution in [0, 0.1) is 5.92 Å². The van der Waals surface area contributed by atoms with Crippen LogP contribution < -0.4 is 0 Å². The SMILES string of the molecule is O=C(C1CCCCCCCCCCC1)C(F)(F)F. The largest absolute Gasteiger partial charge is 0.450 e. The van der Waals surface area contributed by atoms with E-state index in [1.54, 1.807) is 0 Å². The van der Waals surface area contributed by atoms with Crippen LogP contribution in [-0.4, -0.2) is 12.0 Å². The van der Waals surface area contributed by atoms with Gasteiger partial charge in [0.1, 0.15) is 0 Å². The number of carbonyl (C=O) groups is 1. The molecule has 1 aliphatic carbocycles. The van der Waals surface area contributed by atoms with Crippen LogP contribution in [0.25, 0.3) is 0 Å². The van der Waals surface area contributed by atoms with Gasteiger partial charge in [-0.25, -0.2) is 0 Å². The van der Waals surface area contributed by atoms with Crippen LogP contribution in [0.2, 0.25) is 0 Å². The maximum atomic E-state index is 12.4. The molecular formula is C14H23F3O. The van der Waals surface area contributed by atoms with E-state index in [0.29, 0.717) is 12.8 Å². The van der Waals surface area contributed by atoms with Gasteiger partial charge in [0.2, 0.25) is 5.78 Å². The number of hydrogen-bond donors (Lipinski definition) is 0. The van der Waals surface area contributed by atoms with E-state index < -0.39 is 17.9 Å². The van der Waals surface area contributed by atoms with Crippen LogP contribution in [0.3, 0.4) is 0 Å². The first-order valence-electron chi connectivity index (χ1n) is 7.13. The maximum Gasteiger partial charge on any atom is 0.450 e. The predicted molar refractivity (Wildman–Crippen MR) is 65.3 cm³/mol. The molecule has 1 fully saturated rings. The molecule has 0 bridgehead atoms. The van der Waals surface area contributed by atoms with E-state index in [0.717, 1.165) is 38.5 Å². The van der Waals surface area contributed by atoms with E-state index >= 15 is 0 Å². The standard InChI is InChI=1S/C14H23F3O/c15-14(16,17)13(18)12-10-8-6-4-2-1-3-5-7-9-11-12/h12H,1-11H2. The van der Waals surface area contributed by atoms with Crippen molar-refractivity contribution in [2.75, 3.05) is 0 Å². The first-order chi connectivity index (χ1) is 8.52. The summed E-state index contributed by atoms with van der Waals surface area (Å²) in [6, 6.07) is 0. The maximum absolute atomic E-state index is 12.4. The molecule has 1 saturated carbocycles. The molecule has 0 heterocycles. The van der Waals surface area contributed by atoms with E-state index in [9.17, 15) is 18.0 Å². The van der Waals surface area contributed by atoms with Gasteiger partial charge in [-0.3, -0.25) is 4.79 Å². The van der Waals surface area contributed by atoms with Crippen molar-refractivity contribution in [1.82, 2.24) is 0 Å². The first-order valence-corrected chi connectivity index (χ1v) is 7.13. The highest BCUT2D eigenvalue weighted by Crippen LogP contribution is 2.28. The van der Waals surface area contributed by atoms with E-state index in [1.807, 2.05) is 0 Å². The van der Waals surface area contributed by atoms with Gasteiger partial charge in [-0.1, -0.05) is 57.8 Å². The first kappa shape index (κ1) is 15.5. The molecule has 1 nitrogen and oxygen atoms in total. The Morgan fingerprint density at radius 1 is 0.722 bits per heavy atom. The molecule has 1 rings (SSSR count). The van der Waals surface area contributed by atoms with Crippen molar-refractivity contribution in [1.29, 1.82) is 0 Å². The molecule has 0 amide bonds. The summed E-state index contributed by atoms with van der Waals surface area (Å²) in [6.07, 6.45) is 5.39. The summed E-state index contributed by atoms with van der Waals surface area (Å²) in [4.78, 5) is 11.3. The Balaban J connectivity index is 2.48. The fourth-order valence-electron chi connectivity index (χ4n) is 2.66. The number of hydrogen-bond acceptors (Lipinski definition) is 1. The summed E-state index contributed by atoms with van der Waals surface area (Å²) < 4.78 is 37.3. The van der Waals surface area contributed by atoms with Crippen molar-refractivity contribution in [3.05, 3.63) is 0 Å². The highest BCUT2D eigenvalue weighted by atomic mass is 19.4. The van der Waals surface area contributed by atoms with Gasteiger partial charge in [0.15, 0.2) is 0 Å². The van der Waals surface area contributed by atoms with E-state index in [2.05, 4.69) is 0 Å². The van der Waals surface area contributed by atoms with Crippen LogP contribution in [-0.2, 0) is 4.79 Å². The molecule has 0 spiro atoms. The molecule has 0 radical (unpaired) electrons. The Bertz CT molecular complexity index is 236. The Kier molecular flexibility index (Phi) is 6.72. The summed E-state index contributed by atoms with van der Waals surface area (Å²) in [5, 5.41) is 0. The minimum Gasteiger partial charge on any atom is -0.289 e. The zero-order chi connectivity index (χ0) is 13.4. The third kappa shape index (κ3) is 5.87. The van der Waals surface area contributed by atoms with E-state index in [-0.39, 0.29) is 0 Å². The van der Waals surface area contributed by atoms with Gasteiger partial charge < -0.3 is 0 Å². The van der Waals surface area contributed by atoms with Gasteiger partial charge in [-0.2, -0.15) is 13.2 Å². The zero-order valence-corrected chi connectivity index (χ0v) is 10.9. The Morgan fingerprint density at radius 3 is 1.39 bits per heavy atom. The van der Waals surface area contributed by atoms with E-state index in [1.165, 1.54) is 19.3 Å². The number of halogens is 3. The molecule has 18 heavy (non-hydrogen) atoms. The lowest BCUT2D eigenvalue weighted by Crippen LogP contribution is -2.30. The predicted octanol–water partition coefficient (Wildman–Crippen LogP) is 5.04. The van der Waals surface area contributed by atoms with Crippen molar-refractivity contribution in [3.63, 3.8) is 0 Å². The van der Waals surface area contributed by atoms with Gasteiger partial charge in [0, 0.05) is 5.92 Å². The van der Waals surface area contributed by atoms with Crippen LogP contribution in [0.1, 0.15) is 70.6 Å². The number of ketones is 1. The third-order valence-corrected chi connectivity index (χ3v) is 3.76. The van der Waals surface area contributed by atoms with Crippen LogP contribution >= 0.6 is 0 Å². The Hall–Kier alpha value is -0.540. The summed E-state index contributed by atoms with van der Waals surface area (Å²) in [6.45, 7) is 0. The van der Waals surface area contributed by atoms with Gasteiger partial charge in [-0.15, -0.1) is 0 Å². The molecule has 0 saturated heterocycles. The highest BCUT2D eigenvalue weighted by molar-refractivity contribution is 5.86. The molecule has 4 heteroatoms. The van der Waals surface area contributed by atoms with Gasteiger partial charge >= 0.3 is 6.18 Å². The lowest BCUT2D eigenvalue weighted by molar-refractivity contribution is -0.176. The molecule has 0 atom stereocenters. The molecule has 1 aliphatic rings. The molecule has 0 N–H and O–H groups in total. The molecule has 0 aliphatic heterocycles. The lowest BCUT2D eigenvalue weighted by atomic mass is 9.89. The number of carbonyl (C=O) groups excluding carboxylic acids is 1. The third-order valence-electron chi connectivity index (χ3n) is 3.76. The smallest absolute Gasteiger partial charge is 0.289 e. The average Bonchev–Trinajstić information content (AvgIpc) is 2.28. The second-order valence-electron chi connectivity index (χ2n) is 5.32. The normalized spacial score (nSPS) is 21.9. The van der Waals surface area contributed by atoms with Crippen molar-refractivity contribution in [2.24, 2.45) is 5.92 Å². The van der Waals surface area contributed by atoms with Crippen molar-refractivity contribution >= 4 is 5.78 Å². The summed E-state index contributed by atoms with van der Waals surface area (Å²) in [7, 11) is 0. The number of alkyl halides is 3. The monoisotopic (exact) mass is 264 g/mol. The van der Waals surface area contributed by atoms with Crippen molar-refractivity contribution in [2.45, 2.75) is 76.8 Å². The van der Waals surface area contributed by atoms with Gasteiger partial charge in [0.05, 0.1) is 0 Å². The fraction of sp³-hybridized carbons (Fsp3) is 0.929. The van der Waals surface area contributed by atoms with Gasteiger partial charge in [-0.05, 0) is 12.8 Å². The summed E-state index contributed by atoms with van der Waals surface area (Å²) >= 11 is 0. The molecular weight excluding hydrogens is 241 g/mol. The van der Waals surface area contributed by atoms with Crippen molar-refractivity contribution < 1.29 is 18.0 Å². The summed E-state index contributed by atoms with van der Waals surface area (Å²) in [5.41, 5.74) is 0. The van der Waals surface area contributed by atoms with Gasteiger partial charge in [0.25, 0.3) is 0 Å². The average molecular weight is 264 g/mol. The van der Waals surface area contributed by atoms with E-state index in [4.69, 9.17) is 0 Å². The zero-order valence-electron chi connectivity index (χ0n) is 10.9. The molecule has 0 aromatic rings. The minimum absolute atomic E-state index is 0.415. The summed E-state index contributed by atoms with van der Waals surface area (Å²) in [5.74, 6) is -2.29. The Morgan fingerprint density at radius 2 is 1.06 bits per heavy atom. The molecule has 0 aromatic heterocycles. The topological polar surface area (TPSA) is 17.1 Å². The van der Waals surface area contributed by atoms with Crippen LogP contribution in [0.4, 0.5) is 13.2 Å². The number of Topliss-reactive ketones (excluding diaryl/α,β-unsaturated/α-hetero) is 1. The molecule has 106 valence electrons. The Labute approximate surface area is 107 Å². The second kappa shape index (κ2) is 7.80. The lowest BCUT2D eigenvalue weighted by Gasteiger charge is -2.18. The highest BCUT2D eigenvalue weighted by Gasteiger charge is 2.42. The minimum atomic E-state index is -4.65. The fourth-order valence-corrected chi connectivity index (χ4v) is 2.66. The molecule has 0 unspecified atom stereocenters. The molecule has 0 aromatic carbocycles. The second-order valence-corrected chi connectivity index (χ2v) is 5.32. The van der Waals surface area contributed by atoms with Crippen LogP contribution in [0.5, 0.6) is 0 Å². The number of rotatable bonds is 1. The quantitative estimate of drug-likeness (QED) is 0.648. The van der Waals surface area contributed by atoms with Crippen molar-refractivity contribution in [3.8, 4) is 0 Å².